The maximum atomic E-state index is 15.1. The summed E-state index contributed by atoms with van der Waals surface area (Å²) in [7, 11) is 1.87. The molecule has 2 atom stereocenters. The zero-order chi connectivity index (χ0) is 26.0. The number of hydrogen-bond acceptors (Lipinski definition) is 8. The van der Waals surface area contributed by atoms with Gasteiger partial charge in [0.2, 0.25) is 5.95 Å². The van der Waals surface area contributed by atoms with Gasteiger partial charge in [-0.15, -0.1) is 10.2 Å². The zero-order valence-corrected chi connectivity index (χ0v) is 20.8. The molecular formula is C23H31F3N10. The summed E-state index contributed by atoms with van der Waals surface area (Å²) in [5.74, 6) is -0.458. The number of nitrogens with one attached hydrogen (secondary N) is 1. The Bertz CT molecular complexity index is 1350. The van der Waals surface area contributed by atoms with Crippen LogP contribution < -0.4 is 11.1 Å². The Kier molecular flexibility index (Phi) is 7.29. The number of nitrogens with two attached hydrogens (primary N) is 1. The molecule has 0 bridgehead atoms. The Balaban J connectivity index is 0.00000148. The minimum atomic E-state index is -1.49. The van der Waals surface area contributed by atoms with Gasteiger partial charge in [0.25, 0.3) is 0 Å². The molecule has 4 aromatic rings. The molecule has 0 spiro atoms. The number of aryl methyl sites for hydroxylation is 1. The first-order chi connectivity index (χ1) is 17.3. The topological polar surface area (TPSA) is 115 Å². The normalized spacial score (nSPS) is 20.5. The van der Waals surface area contributed by atoms with Crippen molar-refractivity contribution >= 4 is 28.4 Å². The van der Waals surface area contributed by atoms with Gasteiger partial charge in [-0.2, -0.15) is 4.98 Å². The van der Waals surface area contributed by atoms with E-state index in [4.69, 9.17) is 5.73 Å². The number of hydrogen-bond donors (Lipinski definition) is 2. The van der Waals surface area contributed by atoms with Gasteiger partial charge in [0, 0.05) is 19.6 Å². The average molecular weight is 505 g/mol. The van der Waals surface area contributed by atoms with Crippen molar-refractivity contribution in [1.82, 2.24) is 39.5 Å². The second kappa shape index (κ2) is 10.2. The summed E-state index contributed by atoms with van der Waals surface area (Å²) >= 11 is 0. The second-order valence-electron chi connectivity index (χ2n) is 8.86. The van der Waals surface area contributed by atoms with Crippen LogP contribution in [0.25, 0.3) is 27.9 Å². The van der Waals surface area contributed by atoms with E-state index in [0.29, 0.717) is 29.8 Å². The van der Waals surface area contributed by atoms with E-state index in [9.17, 15) is 4.39 Å². The summed E-state index contributed by atoms with van der Waals surface area (Å²) in [5, 5.41) is 15.4. The Labute approximate surface area is 206 Å². The van der Waals surface area contributed by atoms with Crippen molar-refractivity contribution in [3.63, 3.8) is 0 Å². The highest BCUT2D eigenvalue weighted by molar-refractivity contribution is 5.88. The molecule has 5 rings (SSSR count). The molecule has 1 aliphatic heterocycles. The van der Waals surface area contributed by atoms with Crippen LogP contribution in [0.5, 0.6) is 0 Å². The lowest BCUT2D eigenvalue weighted by Gasteiger charge is -2.39. The average Bonchev–Trinajstić information content (AvgIpc) is 3.40. The maximum Gasteiger partial charge on any atom is 0.243 e. The zero-order valence-electron chi connectivity index (χ0n) is 20.8. The quantitative estimate of drug-likeness (QED) is 0.410. The maximum absolute atomic E-state index is 15.1. The molecule has 0 amide bonds. The number of nitrogen functional groups attached to an aromatic ring is 1. The van der Waals surface area contributed by atoms with Crippen LogP contribution in [-0.2, 0) is 6.54 Å². The number of fused-ring (bicyclic) bond motifs is 2. The third-order valence-corrected chi connectivity index (χ3v) is 6.14. The lowest BCUT2D eigenvalue weighted by atomic mass is 9.91. The fraction of sp³-hybridized carbons (Fsp3) is 0.522. The predicted molar refractivity (Wildman–Crippen MR) is 133 cm³/mol. The third-order valence-electron chi connectivity index (χ3n) is 6.14. The summed E-state index contributed by atoms with van der Waals surface area (Å²) in [4.78, 5) is 10.7. The summed E-state index contributed by atoms with van der Waals surface area (Å²) in [6.45, 7) is 6.33. The van der Waals surface area contributed by atoms with Gasteiger partial charge in [0.15, 0.2) is 17.3 Å². The summed E-state index contributed by atoms with van der Waals surface area (Å²) in [6, 6.07) is 2.75. The van der Waals surface area contributed by atoms with E-state index in [2.05, 4.69) is 30.7 Å². The van der Waals surface area contributed by atoms with Crippen molar-refractivity contribution in [2.75, 3.05) is 37.9 Å². The minimum Gasteiger partial charge on any atom is -0.382 e. The summed E-state index contributed by atoms with van der Waals surface area (Å²) < 4.78 is 45.6. The highest BCUT2D eigenvalue weighted by atomic mass is 19.1. The van der Waals surface area contributed by atoms with Crippen LogP contribution in [0.1, 0.15) is 33.6 Å². The number of rotatable bonds is 6. The van der Waals surface area contributed by atoms with Crippen molar-refractivity contribution in [2.24, 2.45) is 0 Å². The fourth-order valence-corrected chi connectivity index (χ4v) is 4.48. The number of anilines is 2. The number of halogens is 3. The van der Waals surface area contributed by atoms with Gasteiger partial charge in [-0.25, -0.2) is 23.0 Å². The first-order valence-corrected chi connectivity index (χ1v) is 12.0. The molecule has 13 heteroatoms. The van der Waals surface area contributed by atoms with E-state index < -0.39 is 24.2 Å². The number of nitrogens with zero attached hydrogens (tertiary/aromatic N) is 8. The number of aromatic nitrogens is 7. The van der Waals surface area contributed by atoms with Crippen LogP contribution in [0, 0.1) is 5.82 Å². The van der Waals surface area contributed by atoms with Gasteiger partial charge in [-0.3, -0.25) is 4.39 Å². The molecule has 10 nitrogen and oxygen atoms in total. The number of pyridine rings is 1. The van der Waals surface area contributed by atoms with Gasteiger partial charge in [0.05, 0.1) is 30.2 Å². The third kappa shape index (κ3) is 4.79. The van der Waals surface area contributed by atoms with E-state index in [1.807, 2.05) is 25.8 Å². The van der Waals surface area contributed by atoms with Crippen molar-refractivity contribution in [1.29, 1.82) is 0 Å². The van der Waals surface area contributed by atoms with Gasteiger partial charge in [-0.05, 0) is 38.9 Å². The lowest BCUT2D eigenvalue weighted by molar-refractivity contribution is 0.0619. The van der Waals surface area contributed by atoms with Gasteiger partial charge >= 0.3 is 0 Å². The second-order valence-corrected chi connectivity index (χ2v) is 8.86. The summed E-state index contributed by atoms with van der Waals surface area (Å²) in [5.41, 5.74) is 6.29. The van der Waals surface area contributed by atoms with Crippen molar-refractivity contribution in [3.05, 3.63) is 24.1 Å². The molecule has 1 saturated heterocycles. The molecule has 0 aliphatic carbocycles. The summed E-state index contributed by atoms with van der Waals surface area (Å²) in [6.07, 6.45) is 2.01. The van der Waals surface area contributed by atoms with E-state index in [1.165, 1.54) is 22.3 Å². The molecule has 0 saturated carbocycles. The van der Waals surface area contributed by atoms with E-state index in [0.717, 1.165) is 6.54 Å². The molecule has 0 aromatic carbocycles. The Morgan fingerprint density at radius 1 is 1.25 bits per heavy atom. The molecule has 0 radical (unpaired) electrons. The molecule has 4 aromatic heterocycles. The van der Waals surface area contributed by atoms with E-state index in [1.54, 1.807) is 12.1 Å². The van der Waals surface area contributed by atoms with E-state index in [-0.39, 0.29) is 35.8 Å². The van der Waals surface area contributed by atoms with Gasteiger partial charge < -0.3 is 16.0 Å². The van der Waals surface area contributed by atoms with Crippen LogP contribution in [-0.4, -0.2) is 78.0 Å². The van der Waals surface area contributed by atoms with Crippen LogP contribution in [0.3, 0.4) is 0 Å². The molecular weight excluding hydrogens is 473 g/mol. The minimum absolute atomic E-state index is 0.0239. The van der Waals surface area contributed by atoms with Crippen LogP contribution in [0.4, 0.5) is 24.9 Å². The molecule has 1 fully saturated rings. The fourth-order valence-electron chi connectivity index (χ4n) is 4.48. The first kappa shape index (κ1) is 25.6. The van der Waals surface area contributed by atoms with Gasteiger partial charge in [-0.1, -0.05) is 19.1 Å². The molecule has 194 valence electrons. The van der Waals surface area contributed by atoms with Gasteiger partial charge in [0.1, 0.15) is 16.7 Å². The molecule has 5 heterocycles. The Hall–Kier alpha value is -3.48. The Morgan fingerprint density at radius 2 is 2.03 bits per heavy atom. The molecule has 36 heavy (non-hydrogen) atoms. The van der Waals surface area contributed by atoms with Crippen molar-refractivity contribution < 1.29 is 13.2 Å². The van der Waals surface area contributed by atoms with Crippen molar-refractivity contribution in [2.45, 2.75) is 51.9 Å². The first-order valence-electron chi connectivity index (χ1n) is 12.0. The van der Waals surface area contributed by atoms with Crippen LogP contribution in [0.2, 0.25) is 0 Å². The largest absolute Gasteiger partial charge is 0.382 e. The molecule has 1 aliphatic rings. The van der Waals surface area contributed by atoms with Crippen molar-refractivity contribution in [3.8, 4) is 11.3 Å². The number of likely N-dealkylation sites (tertiary alicyclic amines) is 1. The standard InChI is InChI=1S/C21H25F3N10.C2H6/c1-21(24)11-32(2)9-6-15(21)27-20-28-18(25)17-16(12(23)10-34(17)30-20)13-4-5-14-19(26-13)33(31-29-14)8-3-7-22;1-2/h4-5,10,15H,3,6-9,11H2,1-2H3,(H3,25,27,28,30);1-2H3. The molecule has 2 unspecified atom stereocenters. The SMILES string of the molecule is CC.CN1CCC(Nc2nc(N)c3c(-c4ccc5nnn(CCCF)c5n4)c(F)cn3n2)C(C)(F)C1. The predicted octanol–water partition coefficient (Wildman–Crippen LogP) is 3.49. The molecule has 3 N–H and O–H groups in total. The number of piperidine rings is 1. The van der Waals surface area contributed by atoms with Crippen LogP contribution >= 0.6 is 0 Å². The smallest absolute Gasteiger partial charge is 0.243 e. The monoisotopic (exact) mass is 504 g/mol. The van der Waals surface area contributed by atoms with E-state index >= 15 is 8.78 Å². The highest BCUT2D eigenvalue weighted by Gasteiger charge is 2.39. The Morgan fingerprint density at radius 3 is 2.75 bits per heavy atom. The number of alkyl halides is 2. The van der Waals surface area contributed by atoms with Crippen LogP contribution in [0.15, 0.2) is 18.3 Å². The highest BCUT2D eigenvalue weighted by Crippen LogP contribution is 2.32. The lowest BCUT2D eigenvalue weighted by Crippen LogP contribution is -2.54.